The van der Waals surface area contributed by atoms with Crippen molar-refractivity contribution in [3.63, 3.8) is 0 Å². The Kier molecular flexibility index (Phi) is 2.98. The Morgan fingerprint density at radius 3 is 2.95 bits per heavy atom. The minimum Gasteiger partial charge on any atom is -0.454 e. The van der Waals surface area contributed by atoms with E-state index in [1.165, 1.54) is 12.1 Å². The summed E-state index contributed by atoms with van der Waals surface area (Å²) in [4.78, 5) is 15.1. The number of hydrogen-bond donors (Lipinski definition) is 2. The number of nitrogens with one attached hydrogen (secondary N) is 1. The van der Waals surface area contributed by atoms with E-state index in [-0.39, 0.29) is 11.3 Å². The Morgan fingerprint density at radius 1 is 1.35 bits per heavy atom. The highest BCUT2D eigenvalue weighted by Crippen LogP contribution is 2.33. The van der Waals surface area contributed by atoms with Crippen LogP contribution in [0.1, 0.15) is 15.9 Å². The van der Waals surface area contributed by atoms with Crippen molar-refractivity contribution in [2.24, 2.45) is 5.73 Å². The maximum absolute atomic E-state index is 13.9. The number of ether oxygens (including phenoxy) is 1. The number of anilines is 1. The number of benzene rings is 1. The van der Waals surface area contributed by atoms with Crippen LogP contribution in [0.25, 0.3) is 0 Å². The minimum absolute atomic E-state index is 0.0512. The molecule has 0 radical (unpaired) electrons. The van der Waals surface area contributed by atoms with E-state index >= 15 is 0 Å². The number of aromatic nitrogens is 1. The predicted molar refractivity (Wildman–Crippen MR) is 71.4 cm³/mol. The third kappa shape index (κ3) is 2.16. The van der Waals surface area contributed by atoms with Crippen molar-refractivity contribution in [2.75, 3.05) is 11.9 Å². The van der Waals surface area contributed by atoms with E-state index in [1.807, 2.05) is 0 Å². The highest BCUT2D eigenvalue weighted by Gasteiger charge is 2.18. The molecule has 0 fully saturated rings. The molecule has 1 aliphatic rings. The molecule has 2 aromatic rings. The average Bonchev–Trinajstić information content (AvgIpc) is 2.90. The first-order valence-electron chi connectivity index (χ1n) is 6.14. The van der Waals surface area contributed by atoms with Crippen molar-refractivity contribution >= 4 is 11.7 Å². The van der Waals surface area contributed by atoms with Gasteiger partial charge in [-0.3, -0.25) is 4.79 Å². The molecular weight excluding hydrogens is 261 g/mol. The van der Waals surface area contributed by atoms with Gasteiger partial charge in [0.25, 0.3) is 0 Å². The van der Waals surface area contributed by atoms with Gasteiger partial charge < -0.3 is 15.8 Å². The lowest BCUT2D eigenvalue weighted by molar-refractivity contribution is 0.1000. The van der Waals surface area contributed by atoms with E-state index in [4.69, 9.17) is 10.5 Å². The number of carbonyl (C=O) groups is 1. The molecule has 0 bridgehead atoms. The number of nitrogens with two attached hydrogens (primary N) is 1. The first kappa shape index (κ1) is 12.4. The predicted octanol–water partition coefficient (Wildman–Crippen LogP) is 2.08. The number of hydrogen-bond acceptors (Lipinski definition) is 4. The molecule has 1 amide bonds. The zero-order valence-corrected chi connectivity index (χ0v) is 10.5. The lowest BCUT2D eigenvalue weighted by Crippen LogP contribution is -2.11. The molecule has 102 valence electrons. The average molecular weight is 273 g/mol. The van der Waals surface area contributed by atoms with Gasteiger partial charge in [0.1, 0.15) is 11.6 Å². The summed E-state index contributed by atoms with van der Waals surface area (Å²) in [7, 11) is 0. The fourth-order valence-electron chi connectivity index (χ4n) is 2.13. The molecule has 20 heavy (non-hydrogen) atoms. The van der Waals surface area contributed by atoms with Crippen LogP contribution in [0.5, 0.6) is 11.5 Å². The number of rotatable bonds is 3. The summed E-state index contributed by atoms with van der Waals surface area (Å²) in [6.07, 6.45) is 2.38. The summed E-state index contributed by atoms with van der Waals surface area (Å²) in [5.74, 6) is 0.0694. The Balaban J connectivity index is 1.92. The lowest BCUT2D eigenvalue weighted by atomic mass is 10.2. The van der Waals surface area contributed by atoms with Crippen LogP contribution in [0.2, 0.25) is 0 Å². The molecule has 0 spiro atoms. The number of primary amides is 1. The molecule has 0 saturated carbocycles. The van der Waals surface area contributed by atoms with Gasteiger partial charge >= 0.3 is 0 Å². The first-order chi connectivity index (χ1) is 9.65. The van der Waals surface area contributed by atoms with Crippen LogP contribution >= 0.6 is 0 Å². The highest BCUT2D eigenvalue weighted by molar-refractivity contribution is 5.92. The van der Waals surface area contributed by atoms with Crippen molar-refractivity contribution < 1.29 is 13.9 Å². The zero-order valence-electron chi connectivity index (χ0n) is 10.5. The molecule has 1 aromatic heterocycles. The van der Waals surface area contributed by atoms with E-state index in [0.29, 0.717) is 5.75 Å². The summed E-state index contributed by atoms with van der Waals surface area (Å²) in [6.45, 7) is 0.784. The summed E-state index contributed by atoms with van der Waals surface area (Å²) in [6, 6.07) is 5.58. The quantitative estimate of drug-likeness (QED) is 0.897. The van der Waals surface area contributed by atoms with E-state index in [2.05, 4.69) is 10.3 Å². The number of fused-ring (bicyclic) bond motifs is 1. The maximum atomic E-state index is 13.9. The van der Waals surface area contributed by atoms with Crippen molar-refractivity contribution in [1.29, 1.82) is 0 Å². The molecule has 2 heterocycles. The van der Waals surface area contributed by atoms with Gasteiger partial charge in [-0.15, -0.1) is 0 Å². The zero-order chi connectivity index (χ0) is 14.1. The van der Waals surface area contributed by atoms with Gasteiger partial charge in [0, 0.05) is 23.9 Å². The Bertz CT molecular complexity index is 688. The third-order valence-corrected chi connectivity index (χ3v) is 3.12. The second kappa shape index (κ2) is 4.80. The molecule has 0 unspecified atom stereocenters. The fraction of sp³-hybridized carbons (Fsp3) is 0.143. The van der Waals surface area contributed by atoms with Crippen molar-refractivity contribution in [2.45, 2.75) is 6.42 Å². The standard InChI is InChI=1S/C14H12FN3O2/c15-10-7-8(13(16)19)1-2-12(10)20-11-4-6-18-14-9(11)3-5-17-14/h1-2,4,6-7H,3,5H2,(H2,16,19)(H,17,18). The van der Waals surface area contributed by atoms with Gasteiger partial charge in [0.05, 0.1) is 0 Å². The monoisotopic (exact) mass is 273 g/mol. The van der Waals surface area contributed by atoms with E-state index in [9.17, 15) is 9.18 Å². The number of pyridine rings is 1. The van der Waals surface area contributed by atoms with Gasteiger partial charge in [-0.1, -0.05) is 0 Å². The highest BCUT2D eigenvalue weighted by atomic mass is 19.1. The Morgan fingerprint density at radius 2 is 2.20 bits per heavy atom. The second-order valence-electron chi connectivity index (χ2n) is 4.42. The van der Waals surface area contributed by atoms with Crippen LogP contribution in [0.4, 0.5) is 10.2 Å². The van der Waals surface area contributed by atoms with Crippen LogP contribution in [0.15, 0.2) is 30.5 Å². The normalized spacial score (nSPS) is 12.7. The third-order valence-electron chi connectivity index (χ3n) is 3.12. The molecule has 0 atom stereocenters. The molecular formula is C14H12FN3O2. The summed E-state index contributed by atoms with van der Waals surface area (Å²) in [5, 5.41) is 3.12. The SMILES string of the molecule is NC(=O)c1ccc(Oc2ccnc3c2CCN3)c(F)c1. The van der Waals surface area contributed by atoms with Crippen LogP contribution in [0.3, 0.4) is 0 Å². The van der Waals surface area contributed by atoms with Crippen LogP contribution in [-0.4, -0.2) is 17.4 Å². The van der Waals surface area contributed by atoms with Gasteiger partial charge in [-0.05, 0) is 30.7 Å². The van der Waals surface area contributed by atoms with Gasteiger partial charge in [-0.2, -0.15) is 0 Å². The number of amides is 1. The first-order valence-corrected chi connectivity index (χ1v) is 6.14. The largest absolute Gasteiger partial charge is 0.454 e. The van der Waals surface area contributed by atoms with Crippen molar-refractivity contribution in [3.05, 3.63) is 47.4 Å². The van der Waals surface area contributed by atoms with Crippen molar-refractivity contribution in [3.8, 4) is 11.5 Å². The molecule has 3 rings (SSSR count). The summed E-state index contributed by atoms with van der Waals surface area (Å²) < 4.78 is 19.5. The van der Waals surface area contributed by atoms with Gasteiger partial charge in [0.2, 0.25) is 5.91 Å². The Hall–Kier alpha value is -2.63. The van der Waals surface area contributed by atoms with Gasteiger partial charge in [0.15, 0.2) is 11.6 Å². The van der Waals surface area contributed by atoms with Crippen molar-refractivity contribution in [1.82, 2.24) is 4.98 Å². The maximum Gasteiger partial charge on any atom is 0.248 e. The molecule has 1 aliphatic heterocycles. The van der Waals surface area contributed by atoms with Crippen LogP contribution in [-0.2, 0) is 6.42 Å². The minimum atomic E-state index is -0.676. The molecule has 6 heteroatoms. The lowest BCUT2D eigenvalue weighted by Gasteiger charge is -2.10. The van der Waals surface area contributed by atoms with E-state index < -0.39 is 11.7 Å². The number of carbonyl (C=O) groups excluding carboxylic acids is 1. The summed E-state index contributed by atoms with van der Waals surface area (Å²) in [5.41, 5.74) is 6.13. The Labute approximate surface area is 114 Å². The summed E-state index contributed by atoms with van der Waals surface area (Å²) >= 11 is 0. The molecule has 5 nitrogen and oxygen atoms in total. The van der Waals surface area contributed by atoms with Crippen LogP contribution < -0.4 is 15.8 Å². The fourth-order valence-corrected chi connectivity index (χ4v) is 2.13. The number of nitrogens with zero attached hydrogens (tertiary/aromatic N) is 1. The topological polar surface area (TPSA) is 77.2 Å². The second-order valence-corrected chi connectivity index (χ2v) is 4.42. The van der Waals surface area contributed by atoms with E-state index in [0.717, 1.165) is 30.4 Å². The van der Waals surface area contributed by atoms with Gasteiger partial charge in [-0.25, -0.2) is 9.37 Å². The number of halogens is 1. The van der Waals surface area contributed by atoms with E-state index in [1.54, 1.807) is 12.3 Å². The smallest absolute Gasteiger partial charge is 0.248 e. The molecule has 1 aromatic carbocycles. The van der Waals surface area contributed by atoms with Crippen LogP contribution in [0, 0.1) is 5.82 Å². The molecule has 3 N–H and O–H groups in total. The molecule has 0 saturated heterocycles. The molecule has 0 aliphatic carbocycles.